The summed E-state index contributed by atoms with van der Waals surface area (Å²) in [6.45, 7) is 0.972. The highest BCUT2D eigenvalue weighted by atomic mass is 32.2. The number of ether oxygens (including phenoxy) is 3. The average Bonchev–Trinajstić information content (AvgIpc) is 3.61. The predicted molar refractivity (Wildman–Crippen MR) is 154 cm³/mol. The third-order valence-electron chi connectivity index (χ3n) is 7.79. The molecule has 1 atom stereocenters. The molecule has 6 rings (SSSR count). The number of fused-ring (bicyclic) bond motifs is 1. The first-order valence-corrected chi connectivity index (χ1v) is 15.1. The fraction of sp³-hybridized carbons (Fsp3) is 0.429. The second kappa shape index (κ2) is 10.8. The van der Waals surface area contributed by atoms with Gasteiger partial charge in [-0.15, -0.1) is 0 Å². The van der Waals surface area contributed by atoms with E-state index < -0.39 is 10.0 Å². The zero-order valence-electron chi connectivity index (χ0n) is 23.5. The summed E-state index contributed by atoms with van der Waals surface area (Å²) >= 11 is 0. The number of sulfonamides is 1. The Balaban J connectivity index is 1.31. The number of nitrogens with zero attached hydrogens (tertiary/aromatic N) is 3. The van der Waals surface area contributed by atoms with Crippen LogP contribution in [0.15, 0.2) is 39.8 Å². The van der Waals surface area contributed by atoms with E-state index in [1.54, 1.807) is 24.3 Å². The van der Waals surface area contributed by atoms with E-state index in [9.17, 15) is 8.42 Å². The minimum atomic E-state index is -4.20. The summed E-state index contributed by atoms with van der Waals surface area (Å²) in [6.07, 6.45) is 5.51. The van der Waals surface area contributed by atoms with Crippen molar-refractivity contribution < 1.29 is 27.2 Å². The van der Waals surface area contributed by atoms with Gasteiger partial charge in [0.25, 0.3) is 10.0 Å². The number of anilines is 3. The minimum absolute atomic E-state index is 0.0163. The third-order valence-corrected chi connectivity index (χ3v) is 9.19. The zero-order chi connectivity index (χ0) is 28.7. The summed E-state index contributed by atoms with van der Waals surface area (Å²) in [5.74, 6) is 2.09. The van der Waals surface area contributed by atoms with Crippen molar-refractivity contribution in [3.05, 3.63) is 41.6 Å². The van der Waals surface area contributed by atoms with Crippen molar-refractivity contribution in [2.75, 3.05) is 45.0 Å². The number of methoxy groups -OCH3 is 3. The van der Waals surface area contributed by atoms with E-state index >= 15 is 0 Å². The van der Waals surface area contributed by atoms with Gasteiger partial charge in [0.05, 0.1) is 38.1 Å². The molecule has 0 spiro atoms. The summed E-state index contributed by atoms with van der Waals surface area (Å²) in [6, 6.07) is 9.03. The molecule has 0 amide bonds. The molecule has 1 saturated heterocycles. The van der Waals surface area contributed by atoms with E-state index in [2.05, 4.69) is 37.3 Å². The first-order valence-electron chi connectivity index (χ1n) is 13.6. The van der Waals surface area contributed by atoms with Crippen LogP contribution in [-0.2, 0) is 10.0 Å². The van der Waals surface area contributed by atoms with Crippen LogP contribution in [0, 0.1) is 0 Å². The molecule has 1 saturated carbocycles. The van der Waals surface area contributed by atoms with Crippen LogP contribution in [0.25, 0.3) is 11.0 Å². The van der Waals surface area contributed by atoms with Gasteiger partial charge in [0.1, 0.15) is 23.1 Å². The number of rotatable bonds is 10. The minimum Gasteiger partial charge on any atom is -0.495 e. The van der Waals surface area contributed by atoms with E-state index in [0.29, 0.717) is 34.1 Å². The number of H-pyrrole nitrogens is 1. The van der Waals surface area contributed by atoms with Gasteiger partial charge in [-0.05, 0) is 63.0 Å². The Kier molecular flexibility index (Phi) is 7.16. The molecule has 2 aromatic carbocycles. The van der Waals surface area contributed by atoms with Gasteiger partial charge in [0.2, 0.25) is 0 Å². The lowest BCUT2D eigenvalue weighted by Crippen LogP contribution is -2.29. The van der Waals surface area contributed by atoms with Crippen molar-refractivity contribution in [2.24, 2.45) is 0 Å². The molecule has 3 heterocycles. The molecule has 1 aliphatic heterocycles. The molecular weight excluding hydrogens is 548 g/mol. The van der Waals surface area contributed by atoms with Crippen molar-refractivity contribution in [1.82, 2.24) is 20.3 Å². The van der Waals surface area contributed by atoms with Crippen LogP contribution in [-0.4, -0.2) is 63.6 Å². The summed E-state index contributed by atoms with van der Waals surface area (Å²) in [4.78, 5) is 2.15. The van der Waals surface area contributed by atoms with Crippen molar-refractivity contribution in [3.63, 3.8) is 0 Å². The summed E-state index contributed by atoms with van der Waals surface area (Å²) in [5, 5.41) is 15.1. The maximum absolute atomic E-state index is 13.8. The lowest BCUT2D eigenvalue weighted by Gasteiger charge is -2.33. The molecule has 4 aromatic rings. The fourth-order valence-corrected chi connectivity index (χ4v) is 6.79. The smallest absolute Gasteiger partial charge is 0.270 e. The third kappa shape index (κ3) is 5.26. The second-order valence-corrected chi connectivity index (χ2v) is 12.2. The lowest BCUT2D eigenvalue weighted by atomic mass is 9.95. The van der Waals surface area contributed by atoms with Crippen molar-refractivity contribution in [3.8, 4) is 17.2 Å². The largest absolute Gasteiger partial charge is 0.495 e. The maximum Gasteiger partial charge on any atom is 0.270 e. The summed E-state index contributed by atoms with van der Waals surface area (Å²) in [5.41, 5.74) is 2.94. The number of piperidine rings is 1. The van der Waals surface area contributed by atoms with Gasteiger partial charge in [0, 0.05) is 24.1 Å². The average molecular weight is 583 g/mol. The molecule has 0 bridgehead atoms. The maximum atomic E-state index is 13.8. The monoisotopic (exact) mass is 582 g/mol. The zero-order valence-corrected chi connectivity index (χ0v) is 24.3. The Morgan fingerprint density at radius 1 is 0.976 bits per heavy atom. The highest BCUT2D eigenvalue weighted by Gasteiger charge is 2.31. The Labute approximate surface area is 238 Å². The second-order valence-electron chi connectivity index (χ2n) is 10.5. The Morgan fingerprint density at radius 3 is 2.37 bits per heavy atom. The molecule has 0 radical (unpaired) electrons. The van der Waals surface area contributed by atoms with Gasteiger partial charge in [-0.2, -0.15) is 5.10 Å². The van der Waals surface area contributed by atoms with Gasteiger partial charge < -0.3 is 24.1 Å². The van der Waals surface area contributed by atoms with E-state index in [-0.39, 0.29) is 28.3 Å². The highest BCUT2D eigenvalue weighted by molar-refractivity contribution is 7.93. The number of nitrogens with one attached hydrogen (secondary N) is 3. The number of likely N-dealkylation sites (tertiary alicyclic amines) is 1. The van der Waals surface area contributed by atoms with Crippen LogP contribution >= 0.6 is 0 Å². The van der Waals surface area contributed by atoms with Crippen LogP contribution in [0.2, 0.25) is 0 Å². The van der Waals surface area contributed by atoms with Crippen molar-refractivity contribution in [1.29, 1.82) is 0 Å². The van der Waals surface area contributed by atoms with Crippen LogP contribution in [0.3, 0.4) is 0 Å². The van der Waals surface area contributed by atoms with Gasteiger partial charge in [-0.25, -0.2) is 8.42 Å². The molecule has 2 aromatic heterocycles. The molecule has 41 heavy (non-hydrogen) atoms. The van der Waals surface area contributed by atoms with E-state index in [1.807, 2.05) is 6.07 Å². The Hall–Kier alpha value is -3.97. The van der Waals surface area contributed by atoms with Crippen LogP contribution in [0.1, 0.15) is 55.3 Å². The first-order chi connectivity index (χ1) is 19.8. The highest BCUT2D eigenvalue weighted by Crippen LogP contribution is 2.43. The number of aromatic nitrogens is 3. The SMILES string of the molecule is COc1cc2c(NS(=O)(=O)c3c(OC)cc(C4CCCCN4C)cc3OC)noc2cc1Nc1cc(C2CC2)n[nH]1. The molecule has 12 nitrogen and oxygen atoms in total. The first kappa shape index (κ1) is 27.2. The molecule has 2 aliphatic rings. The quantitative estimate of drug-likeness (QED) is 0.229. The number of benzene rings is 2. The standard InChI is InChI=1S/C28H34N6O6S/c1-34-10-6-5-7-21(34)17-11-24(38-3)27(25(12-17)39-4)41(35,36)33-28-18-13-23(37-2)20(14-22(18)40-32-28)29-26-15-19(30-31-26)16-8-9-16/h11-16,21H,5-10H2,1-4H3,(H,32,33)(H2,29,30,31). The number of aromatic amines is 1. The number of hydrogen-bond acceptors (Lipinski definition) is 10. The molecule has 13 heteroatoms. The normalized spacial score (nSPS) is 17.9. The number of hydrogen-bond donors (Lipinski definition) is 3. The van der Waals surface area contributed by atoms with E-state index in [0.717, 1.165) is 49.9 Å². The lowest BCUT2D eigenvalue weighted by molar-refractivity contribution is 0.186. The predicted octanol–water partition coefficient (Wildman–Crippen LogP) is 5.16. The Bertz CT molecular complexity index is 1650. The fourth-order valence-electron chi connectivity index (χ4n) is 5.47. The van der Waals surface area contributed by atoms with Crippen molar-refractivity contribution in [2.45, 2.75) is 49.0 Å². The summed E-state index contributed by atoms with van der Waals surface area (Å²) in [7, 11) is 2.29. The van der Waals surface area contributed by atoms with Crippen LogP contribution in [0.4, 0.5) is 17.3 Å². The molecular formula is C28H34N6O6S. The van der Waals surface area contributed by atoms with Gasteiger partial charge in [0.15, 0.2) is 16.3 Å². The van der Waals surface area contributed by atoms with Gasteiger partial charge in [-0.3, -0.25) is 14.7 Å². The topological polar surface area (TPSA) is 144 Å². The van der Waals surface area contributed by atoms with E-state index in [1.165, 1.54) is 21.3 Å². The molecule has 218 valence electrons. The molecule has 1 aliphatic carbocycles. The molecule has 1 unspecified atom stereocenters. The van der Waals surface area contributed by atoms with Gasteiger partial charge in [-0.1, -0.05) is 11.6 Å². The van der Waals surface area contributed by atoms with Gasteiger partial charge >= 0.3 is 0 Å². The van der Waals surface area contributed by atoms with Crippen molar-refractivity contribution >= 4 is 38.3 Å². The molecule has 3 N–H and O–H groups in total. The van der Waals surface area contributed by atoms with Crippen LogP contribution < -0.4 is 24.2 Å². The molecule has 2 fully saturated rings. The Morgan fingerprint density at radius 2 is 1.71 bits per heavy atom. The summed E-state index contributed by atoms with van der Waals surface area (Å²) < 4.78 is 52.4. The van der Waals surface area contributed by atoms with Crippen LogP contribution in [0.5, 0.6) is 17.2 Å². The van der Waals surface area contributed by atoms with E-state index in [4.69, 9.17) is 18.7 Å².